The van der Waals surface area contributed by atoms with Crippen molar-refractivity contribution in [2.24, 2.45) is 12.8 Å². The van der Waals surface area contributed by atoms with Gasteiger partial charge in [0.1, 0.15) is 0 Å². The molecule has 0 spiro atoms. The van der Waals surface area contributed by atoms with E-state index in [-0.39, 0.29) is 5.75 Å². The summed E-state index contributed by atoms with van der Waals surface area (Å²) in [5, 5.41) is 13.3. The first-order valence-electron chi connectivity index (χ1n) is 6.25. The van der Waals surface area contributed by atoms with E-state index in [0.29, 0.717) is 10.9 Å². The zero-order chi connectivity index (χ0) is 14.6. The number of carbonyl (C=O) groups is 1. The molecule has 9 heteroatoms. The summed E-state index contributed by atoms with van der Waals surface area (Å²) < 4.78 is 5.57. The lowest BCUT2D eigenvalue weighted by Crippen LogP contribution is -2.13. The number of benzene rings is 1. The van der Waals surface area contributed by atoms with E-state index >= 15 is 0 Å². The number of aromatic nitrogens is 6. The lowest BCUT2D eigenvalue weighted by atomic mass is 10.3. The Bertz CT molecular complexity index is 995. The summed E-state index contributed by atoms with van der Waals surface area (Å²) in [7, 11) is 1.95. The fraction of sp³-hybridized carbons (Fsp3) is 0.167. The molecule has 0 aliphatic heterocycles. The fourth-order valence-electron chi connectivity index (χ4n) is 2.41. The van der Waals surface area contributed by atoms with Gasteiger partial charge in [-0.2, -0.15) is 4.52 Å². The van der Waals surface area contributed by atoms with Crippen LogP contribution in [0, 0.1) is 0 Å². The molecule has 0 saturated heterocycles. The van der Waals surface area contributed by atoms with Crippen molar-refractivity contribution in [3.8, 4) is 0 Å². The van der Waals surface area contributed by atoms with Crippen LogP contribution in [-0.4, -0.2) is 40.4 Å². The second-order valence-electron chi connectivity index (χ2n) is 4.63. The Balaban J connectivity index is 2.00. The van der Waals surface area contributed by atoms with Crippen molar-refractivity contribution in [1.29, 1.82) is 0 Å². The van der Waals surface area contributed by atoms with Crippen LogP contribution in [0.25, 0.3) is 22.6 Å². The number of nitrogens with zero attached hydrogens (tertiary/aromatic N) is 6. The van der Waals surface area contributed by atoms with Crippen LogP contribution in [0.2, 0.25) is 0 Å². The van der Waals surface area contributed by atoms with Crippen molar-refractivity contribution in [3.05, 3.63) is 24.3 Å². The summed E-state index contributed by atoms with van der Waals surface area (Å²) >= 11 is 1.22. The number of imidazole rings is 1. The van der Waals surface area contributed by atoms with E-state index in [9.17, 15) is 4.79 Å². The predicted octanol–water partition coefficient (Wildman–Crippen LogP) is 0.446. The van der Waals surface area contributed by atoms with E-state index in [1.54, 1.807) is 4.52 Å². The average Bonchev–Trinajstić information content (AvgIpc) is 3.09. The van der Waals surface area contributed by atoms with Gasteiger partial charge in [-0.05, 0) is 12.1 Å². The normalized spacial score (nSPS) is 11.9. The number of fused-ring (bicyclic) bond motifs is 5. The number of rotatable bonds is 3. The third-order valence-electron chi connectivity index (χ3n) is 3.31. The van der Waals surface area contributed by atoms with Crippen LogP contribution in [0.3, 0.4) is 0 Å². The zero-order valence-electron chi connectivity index (χ0n) is 11.1. The molecule has 0 radical (unpaired) electrons. The van der Waals surface area contributed by atoms with Crippen LogP contribution in [0.4, 0.5) is 0 Å². The van der Waals surface area contributed by atoms with Gasteiger partial charge in [0.15, 0.2) is 0 Å². The van der Waals surface area contributed by atoms with E-state index in [1.165, 1.54) is 11.8 Å². The van der Waals surface area contributed by atoms with Crippen molar-refractivity contribution in [2.75, 3.05) is 5.75 Å². The summed E-state index contributed by atoms with van der Waals surface area (Å²) in [5.74, 6) is 1.14. The maximum absolute atomic E-state index is 10.9. The summed E-state index contributed by atoms with van der Waals surface area (Å²) in [4.78, 5) is 10.9. The number of carbonyl (C=O) groups excluding carboxylic acids is 1. The second-order valence-corrected chi connectivity index (χ2v) is 5.58. The van der Waals surface area contributed by atoms with Gasteiger partial charge in [-0.15, -0.1) is 15.3 Å². The molecule has 2 N–H and O–H groups in total. The van der Waals surface area contributed by atoms with E-state index in [2.05, 4.69) is 15.3 Å². The second kappa shape index (κ2) is 4.22. The molecule has 0 aliphatic rings. The predicted molar refractivity (Wildman–Crippen MR) is 78.1 cm³/mol. The number of hydrogen-bond acceptors (Lipinski definition) is 5. The smallest absolute Gasteiger partial charge is 0.260 e. The molecule has 0 saturated carbocycles. The molecular formula is C12H11N7OS. The fourth-order valence-corrected chi connectivity index (χ4v) is 3.03. The average molecular weight is 301 g/mol. The zero-order valence-corrected chi connectivity index (χ0v) is 11.9. The first kappa shape index (κ1) is 12.2. The lowest BCUT2D eigenvalue weighted by molar-refractivity contribution is -0.115. The standard InChI is InChI=1S/C12H11N7OS/c1-17-7-4-2-3-5-8(7)18-10-14-15-12(21-6-9(13)20)19(10)16-11(17)18/h2-5H,6H2,1H3,(H2,13,20). The number of aryl methyl sites for hydroxylation is 1. The van der Waals surface area contributed by atoms with Gasteiger partial charge in [0.25, 0.3) is 5.78 Å². The third-order valence-corrected chi connectivity index (χ3v) is 4.25. The molecule has 0 bridgehead atoms. The Labute approximate surface area is 122 Å². The van der Waals surface area contributed by atoms with Crippen LogP contribution >= 0.6 is 11.8 Å². The maximum atomic E-state index is 10.9. The molecule has 0 aliphatic carbocycles. The molecule has 3 heterocycles. The summed E-state index contributed by atoms with van der Waals surface area (Å²) in [6.45, 7) is 0. The van der Waals surface area contributed by atoms with Crippen LogP contribution < -0.4 is 5.73 Å². The van der Waals surface area contributed by atoms with Gasteiger partial charge in [0.05, 0.1) is 16.8 Å². The molecule has 0 unspecified atom stereocenters. The van der Waals surface area contributed by atoms with E-state index < -0.39 is 5.91 Å². The molecule has 106 valence electrons. The lowest BCUT2D eigenvalue weighted by Gasteiger charge is -1.94. The number of amides is 1. The Kier molecular flexibility index (Phi) is 2.45. The van der Waals surface area contributed by atoms with Gasteiger partial charge in [-0.25, -0.2) is 4.40 Å². The minimum Gasteiger partial charge on any atom is -0.369 e. The van der Waals surface area contributed by atoms with Gasteiger partial charge in [0.2, 0.25) is 16.8 Å². The molecule has 21 heavy (non-hydrogen) atoms. The Morgan fingerprint density at radius 1 is 1.24 bits per heavy atom. The van der Waals surface area contributed by atoms with Gasteiger partial charge >= 0.3 is 0 Å². The van der Waals surface area contributed by atoms with Crippen molar-refractivity contribution in [3.63, 3.8) is 0 Å². The highest BCUT2D eigenvalue weighted by Gasteiger charge is 2.18. The van der Waals surface area contributed by atoms with Gasteiger partial charge < -0.3 is 10.3 Å². The Hall–Kier alpha value is -2.55. The molecule has 4 rings (SSSR count). The van der Waals surface area contributed by atoms with Crippen LogP contribution in [0.5, 0.6) is 0 Å². The molecule has 8 nitrogen and oxygen atoms in total. The third kappa shape index (κ3) is 1.64. The highest BCUT2D eigenvalue weighted by molar-refractivity contribution is 7.99. The van der Waals surface area contributed by atoms with E-state index in [4.69, 9.17) is 5.73 Å². The first-order valence-corrected chi connectivity index (χ1v) is 7.24. The first-order chi connectivity index (χ1) is 10.2. The Morgan fingerprint density at radius 2 is 2.00 bits per heavy atom. The molecule has 0 fully saturated rings. The van der Waals surface area contributed by atoms with Crippen molar-refractivity contribution in [1.82, 2.24) is 28.8 Å². The number of primary amides is 1. The maximum Gasteiger partial charge on any atom is 0.260 e. The SMILES string of the molecule is Cn1c2ccccc2n2c1nn1c(SCC(N)=O)nnc12. The molecule has 1 amide bonds. The van der Waals surface area contributed by atoms with Gasteiger partial charge in [-0.1, -0.05) is 23.9 Å². The van der Waals surface area contributed by atoms with Crippen LogP contribution in [0.15, 0.2) is 29.4 Å². The van der Waals surface area contributed by atoms with Crippen molar-refractivity contribution >= 4 is 40.3 Å². The van der Waals surface area contributed by atoms with E-state index in [1.807, 2.05) is 40.3 Å². The molecule has 3 aromatic heterocycles. The molecular weight excluding hydrogens is 290 g/mol. The van der Waals surface area contributed by atoms with Gasteiger partial charge in [0, 0.05) is 7.05 Å². The molecule has 0 atom stereocenters. The largest absolute Gasteiger partial charge is 0.369 e. The number of nitrogens with two attached hydrogens (primary N) is 1. The minimum absolute atomic E-state index is 0.148. The molecule has 1 aromatic carbocycles. The highest BCUT2D eigenvalue weighted by atomic mass is 32.2. The monoisotopic (exact) mass is 301 g/mol. The number of hydrogen-bond donors (Lipinski definition) is 1. The summed E-state index contributed by atoms with van der Waals surface area (Å²) in [6.07, 6.45) is 0. The topological polar surface area (TPSA) is 95.5 Å². The van der Waals surface area contributed by atoms with Gasteiger partial charge in [-0.3, -0.25) is 4.79 Å². The minimum atomic E-state index is -0.397. The highest BCUT2D eigenvalue weighted by Crippen LogP contribution is 2.23. The number of para-hydroxylation sites is 2. The van der Waals surface area contributed by atoms with E-state index in [0.717, 1.165) is 16.8 Å². The van der Waals surface area contributed by atoms with Crippen molar-refractivity contribution in [2.45, 2.75) is 5.16 Å². The molecule has 4 aromatic rings. The van der Waals surface area contributed by atoms with Crippen LogP contribution in [-0.2, 0) is 11.8 Å². The number of thioether (sulfide) groups is 1. The Morgan fingerprint density at radius 3 is 2.76 bits per heavy atom. The quantitative estimate of drug-likeness (QED) is 0.554. The summed E-state index contributed by atoms with van der Waals surface area (Å²) in [6, 6.07) is 7.99. The van der Waals surface area contributed by atoms with Crippen molar-refractivity contribution < 1.29 is 4.79 Å². The summed E-state index contributed by atoms with van der Waals surface area (Å²) in [5.41, 5.74) is 7.24. The van der Waals surface area contributed by atoms with Crippen LogP contribution in [0.1, 0.15) is 0 Å².